The standard InChI is InChI=1S/C14H12ClN3/c15-10-6-7-11-12(8-10)18-14(17-11)13(16)9-4-2-1-3-5-9/h1-8,13H,16H2,(H,17,18). The molecule has 0 saturated carbocycles. The number of hydrogen-bond donors (Lipinski definition) is 2. The molecule has 0 saturated heterocycles. The maximum absolute atomic E-state index is 6.19. The van der Waals surface area contributed by atoms with Crippen LogP contribution in [0.5, 0.6) is 0 Å². The third kappa shape index (κ3) is 1.98. The van der Waals surface area contributed by atoms with Gasteiger partial charge in [-0.05, 0) is 23.8 Å². The van der Waals surface area contributed by atoms with Gasteiger partial charge in [0.1, 0.15) is 5.82 Å². The largest absolute Gasteiger partial charge is 0.340 e. The zero-order valence-corrected chi connectivity index (χ0v) is 10.4. The van der Waals surface area contributed by atoms with E-state index in [1.165, 1.54) is 0 Å². The van der Waals surface area contributed by atoms with Crippen LogP contribution in [0.3, 0.4) is 0 Å². The number of nitrogens with two attached hydrogens (primary N) is 1. The Hall–Kier alpha value is -1.84. The smallest absolute Gasteiger partial charge is 0.128 e. The summed E-state index contributed by atoms with van der Waals surface area (Å²) in [6.45, 7) is 0. The lowest BCUT2D eigenvalue weighted by Gasteiger charge is -2.08. The Labute approximate surface area is 110 Å². The van der Waals surface area contributed by atoms with Crippen LogP contribution in [-0.4, -0.2) is 9.97 Å². The maximum atomic E-state index is 6.19. The minimum absolute atomic E-state index is 0.252. The van der Waals surface area contributed by atoms with Crippen molar-refractivity contribution in [3.05, 3.63) is 64.9 Å². The Morgan fingerprint density at radius 1 is 1.11 bits per heavy atom. The van der Waals surface area contributed by atoms with Gasteiger partial charge in [-0.2, -0.15) is 0 Å². The summed E-state index contributed by atoms with van der Waals surface area (Å²) in [5, 5.41) is 0.675. The van der Waals surface area contributed by atoms with Gasteiger partial charge in [0.2, 0.25) is 0 Å². The molecule has 3 aromatic rings. The summed E-state index contributed by atoms with van der Waals surface area (Å²) in [4.78, 5) is 7.71. The third-order valence-electron chi connectivity index (χ3n) is 2.92. The number of imidazole rings is 1. The van der Waals surface area contributed by atoms with Gasteiger partial charge in [-0.1, -0.05) is 41.9 Å². The first-order chi connectivity index (χ1) is 8.74. The van der Waals surface area contributed by atoms with Crippen LogP contribution >= 0.6 is 11.6 Å². The van der Waals surface area contributed by atoms with Gasteiger partial charge in [0.05, 0.1) is 17.1 Å². The number of aromatic amines is 1. The second-order valence-corrected chi connectivity index (χ2v) is 4.61. The van der Waals surface area contributed by atoms with Gasteiger partial charge in [-0.25, -0.2) is 4.98 Å². The molecule has 1 atom stereocenters. The van der Waals surface area contributed by atoms with Crippen LogP contribution in [0.4, 0.5) is 0 Å². The van der Waals surface area contributed by atoms with Gasteiger partial charge in [-0.15, -0.1) is 0 Å². The predicted octanol–water partition coefficient (Wildman–Crippen LogP) is 3.26. The number of benzene rings is 2. The average Bonchev–Trinajstić information content (AvgIpc) is 2.81. The second kappa shape index (κ2) is 4.44. The molecule has 0 aliphatic carbocycles. The maximum Gasteiger partial charge on any atom is 0.128 e. The van der Waals surface area contributed by atoms with E-state index in [0.29, 0.717) is 5.02 Å². The highest BCUT2D eigenvalue weighted by molar-refractivity contribution is 6.31. The Morgan fingerprint density at radius 3 is 2.67 bits per heavy atom. The summed E-state index contributed by atoms with van der Waals surface area (Å²) in [7, 11) is 0. The minimum atomic E-state index is -0.252. The molecule has 2 aromatic carbocycles. The van der Waals surface area contributed by atoms with E-state index in [0.717, 1.165) is 22.4 Å². The first kappa shape index (κ1) is 11.3. The van der Waals surface area contributed by atoms with Gasteiger partial charge >= 0.3 is 0 Å². The van der Waals surface area contributed by atoms with Crippen LogP contribution in [0, 0.1) is 0 Å². The van der Waals surface area contributed by atoms with Crippen LogP contribution in [0.15, 0.2) is 48.5 Å². The summed E-state index contributed by atoms with van der Waals surface area (Å²) < 4.78 is 0. The molecular weight excluding hydrogens is 246 g/mol. The summed E-state index contributed by atoms with van der Waals surface area (Å²) in [5.74, 6) is 0.749. The summed E-state index contributed by atoms with van der Waals surface area (Å²) in [6, 6.07) is 15.2. The highest BCUT2D eigenvalue weighted by atomic mass is 35.5. The molecule has 0 amide bonds. The second-order valence-electron chi connectivity index (χ2n) is 4.17. The zero-order chi connectivity index (χ0) is 12.5. The first-order valence-corrected chi connectivity index (χ1v) is 6.07. The number of fused-ring (bicyclic) bond motifs is 1. The van der Waals surface area contributed by atoms with Crippen LogP contribution in [0.25, 0.3) is 11.0 Å². The Morgan fingerprint density at radius 2 is 1.89 bits per heavy atom. The van der Waals surface area contributed by atoms with Crippen molar-refractivity contribution >= 4 is 22.6 Å². The summed E-state index contributed by atoms with van der Waals surface area (Å²) >= 11 is 5.94. The third-order valence-corrected chi connectivity index (χ3v) is 3.15. The lowest BCUT2D eigenvalue weighted by atomic mass is 10.1. The van der Waals surface area contributed by atoms with Crippen molar-refractivity contribution in [3.8, 4) is 0 Å². The molecule has 0 bridgehead atoms. The van der Waals surface area contributed by atoms with Crippen molar-refractivity contribution < 1.29 is 0 Å². The van der Waals surface area contributed by atoms with Crippen LogP contribution in [0.1, 0.15) is 17.4 Å². The van der Waals surface area contributed by atoms with Gasteiger partial charge in [0, 0.05) is 5.02 Å². The summed E-state index contributed by atoms with van der Waals surface area (Å²) in [6.07, 6.45) is 0. The van der Waals surface area contributed by atoms with Gasteiger partial charge in [0.25, 0.3) is 0 Å². The number of rotatable bonds is 2. The number of halogens is 1. The van der Waals surface area contributed by atoms with Crippen LogP contribution in [0.2, 0.25) is 5.02 Å². The van der Waals surface area contributed by atoms with Gasteiger partial charge in [0.15, 0.2) is 0 Å². The van der Waals surface area contributed by atoms with E-state index < -0.39 is 0 Å². The number of hydrogen-bond acceptors (Lipinski definition) is 2. The van der Waals surface area contributed by atoms with E-state index in [4.69, 9.17) is 17.3 Å². The molecule has 1 heterocycles. The monoisotopic (exact) mass is 257 g/mol. The Bertz CT molecular complexity index is 676. The van der Waals surface area contributed by atoms with E-state index in [9.17, 15) is 0 Å². The Kier molecular flexibility index (Phi) is 2.78. The number of nitrogens with zero attached hydrogens (tertiary/aromatic N) is 1. The van der Waals surface area contributed by atoms with Crippen molar-refractivity contribution in [2.24, 2.45) is 5.73 Å². The van der Waals surface area contributed by atoms with E-state index in [1.807, 2.05) is 48.5 Å². The molecule has 3 nitrogen and oxygen atoms in total. The predicted molar refractivity (Wildman–Crippen MR) is 73.6 cm³/mol. The molecule has 1 aromatic heterocycles. The molecule has 0 fully saturated rings. The molecule has 0 aliphatic heterocycles. The number of nitrogens with one attached hydrogen (secondary N) is 1. The highest BCUT2D eigenvalue weighted by Gasteiger charge is 2.13. The first-order valence-electron chi connectivity index (χ1n) is 5.70. The highest BCUT2D eigenvalue weighted by Crippen LogP contribution is 2.22. The van der Waals surface area contributed by atoms with Crippen LogP contribution < -0.4 is 5.73 Å². The molecule has 0 radical (unpaired) electrons. The molecule has 18 heavy (non-hydrogen) atoms. The lowest BCUT2D eigenvalue weighted by Crippen LogP contribution is -2.13. The van der Waals surface area contributed by atoms with Crippen molar-refractivity contribution in [2.75, 3.05) is 0 Å². The molecule has 90 valence electrons. The summed E-state index contributed by atoms with van der Waals surface area (Å²) in [5.41, 5.74) is 9.00. The zero-order valence-electron chi connectivity index (χ0n) is 9.60. The SMILES string of the molecule is NC(c1ccccc1)c1nc2cc(Cl)ccc2[nH]1. The van der Waals surface area contributed by atoms with Crippen molar-refractivity contribution in [2.45, 2.75) is 6.04 Å². The fourth-order valence-corrected chi connectivity index (χ4v) is 2.13. The topological polar surface area (TPSA) is 54.7 Å². The fourth-order valence-electron chi connectivity index (χ4n) is 1.96. The van der Waals surface area contributed by atoms with Crippen LogP contribution in [-0.2, 0) is 0 Å². The Balaban J connectivity index is 2.04. The number of H-pyrrole nitrogens is 1. The molecule has 0 aliphatic rings. The van der Waals surface area contributed by atoms with Gasteiger partial charge in [-0.3, -0.25) is 0 Å². The average molecular weight is 258 g/mol. The fraction of sp³-hybridized carbons (Fsp3) is 0.0714. The normalized spacial score (nSPS) is 12.8. The number of aromatic nitrogens is 2. The lowest BCUT2D eigenvalue weighted by molar-refractivity contribution is 0.806. The molecule has 3 rings (SSSR count). The van der Waals surface area contributed by atoms with E-state index >= 15 is 0 Å². The van der Waals surface area contributed by atoms with E-state index in [1.54, 1.807) is 0 Å². The van der Waals surface area contributed by atoms with E-state index in [2.05, 4.69) is 9.97 Å². The molecular formula is C14H12ClN3. The van der Waals surface area contributed by atoms with Crippen molar-refractivity contribution in [1.82, 2.24) is 9.97 Å². The molecule has 3 N–H and O–H groups in total. The molecule has 4 heteroatoms. The van der Waals surface area contributed by atoms with E-state index in [-0.39, 0.29) is 6.04 Å². The van der Waals surface area contributed by atoms with Crippen molar-refractivity contribution in [1.29, 1.82) is 0 Å². The minimum Gasteiger partial charge on any atom is -0.340 e. The molecule has 0 spiro atoms. The van der Waals surface area contributed by atoms with Gasteiger partial charge < -0.3 is 10.7 Å². The van der Waals surface area contributed by atoms with Crippen molar-refractivity contribution in [3.63, 3.8) is 0 Å². The molecule has 1 unspecified atom stereocenters. The quantitative estimate of drug-likeness (QED) is 0.740.